The molecule has 8 nitrogen and oxygen atoms in total. The number of nitrogens with one attached hydrogen (secondary N) is 2. The Morgan fingerprint density at radius 3 is 2.51 bits per heavy atom. The van der Waals surface area contributed by atoms with E-state index in [4.69, 9.17) is 4.52 Å². The SMILES string of the molecule is Cc1ccc(NC(=O)c2cc(F)cc(N3CCS(=O)CC3)c2)cc1-c1cc(C(=O)NCC(C)(C)C)on1. The average Bonchev–Trinajstić information content (AvgIpc) is 3.33. The summed E-state index contributed by atoms with van der Waals surface area (Å²) >= 11 is 0. The van der Waals surface area contributed by atoms with Gasteiger partial charge in [-0.3, -0.25) is 13.8 Å². The standard InChI is InChI=1S/C27H31FN4O4S/c1-17-5-6-20(14-22(17)23-15-24(36-31-23)26(34)29-16-27(2,3)4)30-25(33)18-11-19(28)13-21(12-18)32-7-9-37(35)10-8-32/h5-6,11-15H,7-10,16H2,1-4H3,(H,29,34)(H,30,33). The van der Waals surface area contributed by atoms with Crippen molar-refractivity contribution in [3.05, 3.63) is 65.2 Å². The Balaban J connectivity index is 1.50. The van der Waals surface area contributed by atoms with E-state index in [9.17, 15) is 18.2 Å². The molecule has 0 bridgehead atoms. The van der Waals surface area contributed by atoms with E-state index in [1.807, 2.05) is 38.7 Å². The van der Waals surface area contributed by atoms with Gasteiger partial charge in [0.25, 0.3) is 11.8 Å². The normalized spacial score (nSPS) is 14.5. The van der Waals surface area contributed by atoms with Crippen LogP contribution in [0.1, 0.15) is 47.2 Å². The summed E-state index contributed by atoms with van der Waals surface area (Å²) in [6.07, 6.45) is 0. The molecule has 2 N–H and O–H groups in total. The summed E-state index contributed by atoms with van der Waals surface area (Å²) in [6.45, 7) is 9.52. The van der Waals surface area contributed by atoms with Crippen molar-refractivity contribution in [2.75, 3.05) is 41.4 Å². The first-order valence-electron chi connectivity index (χ1n) is 12.1. The van der Waals surface area contributed by atoms with Crippen molar-refractivity contribution in [1.82, 2.24) is 10.5 Å². The molecule has 1 saturated heterocycles. The zero-order valence-corrected chi connectivity index (χ0v) is 22.2. The number of halogens is 1. The maximum Gasteiger partial charge on any atom is 0.289 e. The van der Waals surface area contributed by atoms with Crippen molar-refractivity contribution in [1.29, 1.82) is 0 Å². The second-order valence-corrected chi connectivity index (χ2v) is 12.0. The molecule has 3 aromatic rings. The number of benzene rings is 2. The largest absolute Gasteiger partial charge is 0.370 e. The Bertz CT molecular complexity index is 1340. The summed E-state index contributed by atoms with van der Waals surface area (Å²) in [5, 5.41) is 9.69. The smallest absolute Gasteiger partial charge is 0.289 e. The average molecular weight is 527 g/mol. The summed E-state index contributed by atoms with van der Waals surface area (Å²) in [4.78, 5) is 27.4. The Morgan fingerprint density at radius 1 is 1.08 bits per heavy atom. The van der Waals surface area contributed by atoms with Gasteiger partial charge in [-0.2, -0.15) is 0 Å². The molecule has 1 fully saturated rings. The van der Waals surface area contributed by atoms with Crippen LogP contribution < -0.4 is 15.5 Å². The van der Waals surface area contributed by atoms with Crippen LogP contribution in [0.2, 0.25) is 0 Å². The molecule has 2 heterocycles. The van der Waals surface area contributed by atoms with Crippen molar-refractivity contribution in [2.45, 2.75) is 27.7 Å². The topological polar surface area (TPSA) is 105 Å². The number of aromatic nitrogens is 1. The fraction of sp³-hybridized carbons (Fsp3) is 0.370. The van der Waals surface area contributed by atoms with Gasteiger partial charge >= 0.3 is 0 Å². The maximum atomic E-state index is 14.4. The number of hydrogen-bond acceptors (Lipinski definition) is 6. The number of amides is 2. The Hall–Kier alpha value is -3.53. The quantitative estimate of drug-likeness (QED) is 0.494. The molecule has 37 heavy (non-hydrogen) atoms. The fourth-order valence-electron chi connectivity index (χ4n) is 3.90. The highest BCUT2D eigenvalue weighted by atomic mass is 32.2. The molecular formula is C27H31FN4O4S. The number of nitrogens with zero attached hydrogens (tertiary/aromatic N) is 2. The lowest BCUT2D eigenvalue weighted by Gasteiger charge is -2.28. The summed E-state index contributed by atoms with van der Waals surface area (Å²) in [6, 6.07) is 11.1. The van der Waals surface area contributed by atoms with Crippen molar-refractivity contribution >= 4 is 34.0 Å². The molecule has 0 spiro atoms. The zero-order valence-electron chi connectivity index (χ0n) is 21.4. The molecule has 1 aromatic heterocycles. The summed E-state index contributed by atoms with van der Waals surface area (Å²) < 4.78 is 31.3. The van der Waals surface area contributed by atoms with Crippen LogP contribution in [0.25, 0.3) is 11.3 Å². The minimum Gasteiger partial charge on any atom is -0.370 e. The molecule has 0 saturated carbocycles. The third-order valence-corrected chi connectivity index (χ3v) is 7.25. The molecule has 2 amide bonds. The first-order valence-corrected chi connectivity index (χ1v) is 13.6. The molecule has 196 valence electrons. The van der Waals surface area contributed by atoms with Crippen LogP contribution >= 0.6 is 0 Å². The van der Waals surface area contributed by atoms with E-state index in [1.54, 1.807) is 24.3 Å². The number of aryl methyl sites for hydroxylation is 1. The lowest BCUT2D eigenvalue weighted by Crippen LogP contribution is -2.37. The third-order valence-electron chi connectivity index (χ3n) is 5.97. The summed E-state index contributed by atoms with van der Waals surface area (Å²) in [5.74, 6) is -0.185. The second-order valence-electron chi connectivity index (χ2n) is 10.3. The van der Waals surface area contributed by atoms with Gasteiger partial charge in [0.2, 0.25) is 5.76 Å². The van der Waals surface area contributed by atoms with Gasteiger partial charge in [-0.1, -0.05) is 32.0 Å². The van der Waals surface area contributed by atoms with Gasteiger partial charge in [-0.15, -0.1) is 0 Å². The number of carbonyl (C=O) groups excluding carboxylic acids is 2. The monoisotopic (exact) mass is 526 g/mol. The molecule has 0 radical (unpaired) electrons. The highest BCUT2D eigenvalue weighted by Crippen LogP contribution is 2.27. The van der Waals surface area contributed by atoms with Crippen LogP contribution in [0.15, 0.2) is 47.0 Å². The molecule has 4 rings (SSSR count). The van der Waals surface area contributed by atoms with E-state index in [-0.39, 0.29) is 22.6 Å². The van der Waals surface area contributed by atoms with E-state index >= 15 is 0 Å². The van der Waals surface area contributed by atoms with Gasteiger partial charge in [0.1, 0.15) is 11.5 Å². The summed E-state index contributed by atoms with van der Waals surface area (Å²) in [5.41, 5.74) is 3.23. The molecule has 0 atom stereocenters. The molecule has 1 aliphatic heterocycles. The van der Waals surface area contributed by atoms with Crippen LogP contribution in [0, 0.1) is 18.2 Å². The Kier molecular flexibility index (Phi) is 7.77. The van der Waals surface area contributed by atoms with Crippen LogP contribution in [-0.4, -0.2) is 52.3 Å². The lowest BCUT2D eigenvalue weighted by atomic mass is 9.97. The number of carbonyl (C=O) groups is 2. The predicted molar refractivity (Wildman–Crippen MR) is 143 cm³/mol. The molecule has 2 aromatic carbocycles. The number of rotatable bonds is 6. The van der Waals surface area contributed by atoms with Gasteiger partial charge in [-0.25, -0.2) is 4.39 Å². The van der Waals surface area contributed by atoms with Crippen LogP contribution in [-0.2, 0) is 10.8 Å². The first kappa shape index (κ1) is 26.5. The maximum absolute atomic E-state index is 14.4. The van der Waals surface area contributed by atoms with Gasteiger partial charge in [0, 0.05) is 70.5 Å². The van der Waals surface area contributed by atoms with Crippen LogP contribution in [0.3, 0.4) is 0 Å². The molecule has 1 aliphatic rings. The van der Waals surface area contributed by atoms with E-state index in [1.165, 1.54) is 12.1 Å². The minimum absolute atomic E-state index is 0.0713. The van der Waals surface area contributed by atoms with Gasteiger partial charge < -0.3 is 20.1 Å². The third kappa shape index (κ3) is 6.82. The minimum atomic E-state index is -0.856. The Labute approximate surface area is 218 Å². The predicted octanol–water partition coefficient (Wildman–Crippen LogP) is 4.39. The molecule has 0 aliphatic carbocycles. The Morgan fingerprint density at radius 2 is 1.81 bits per heavy atom. The fourth-order valence-corrected chi connectivity index (χ4v) is 4.96. The second kappa shape index (κ2) is 10.8. The molecule has 0 unspecified atom stereocenters. The van der Waals surface area contributed by atoms with E-state index < -0.39 is 22.5 Å². The van der Waals surface area contributed by atoms with Crippen molar-refractivity contribution in [3.63, 3.8) is 0 Å². The van der Waals surface area contributed by atoms with Crippen LogP contribution in [0.4, 0.5) is 15.8 Å². The highest BCUT2D eigenvalue weighted by molar-refractivity contribution is 7.85. The van der Waals surface area contributed by atoms with E-state index in [2.05, 4.69) is 15.8 Å². The van der Waals surface area contributed by atoms with Crippen LogP contribution in [0.5, 0.6) is 0 Å². The van der Waals surface area contributed by atoms with Gasteiger partial charge in [0.05, 0.1) is 0 Å². The van der Waals surface area contributed by atoms with Gasteiger partial charge in [0.15, 0.2) is 0 Å². The van der Waals surface area contributed by atoms with E-state index in [0.717, 1.165) is 5.56 Å². The first-order chi connectivity index (χ1) is 17.5. The van der Waals surface area contributed by atoms with Gasteiger partial charge in [-0.05, 0) is 48.2 Å². The highest BCUT2D eigenvalue weighted by Gasteiger charge is 2.20. The number of anilines is 2. The van der Waals surface area contributed by atoms with Crippen molar-refractivity contribution < 1.29 is 22.7 Å². The molecule has 10 heteroatoms. The van der Waals surface area contributed by atoms with Crippen molar-refractivity contribution in [3.8, 4) is 11.3 Å². The molecular weight excluding hydrogens is 495 g/mol. The summed E-state index contributed by atoms with van der Waals surface area (Å²) in [7, 11) is -0.856. The van der Waals surface area contributed by atoms with Crippen molar-refractivity contribution in [2.24, 2.45) is 5.41 Å². The van der Waals surface area contributed by atoms with E-state index in [0.29, 0.717) is 53.8 Å². The lowest BCUT2D eigenvalue weighted by molar-refractivity contribution is 0.0902. The number of hydrogen-bond donors (Lipinski definition) is 2. The zero-order chi connectivity index (χ0) is 26.7.